The van der Waals surface area contributed by atoms with Gasteiger partial charge in [-0.15, -0.1) is 0 Å². The molecule has 0 atom stereocenters. The first kappa shape index (κ1) is 19.6. The number of carbonyl (C=O) groups is 1. The standard InChI is InChI=1S/C24H32N2O/c1-5-24(27)26(22-10-6-18(2)7-11-22)23-12-14-25(15-13-23)17-21-9-8-19(3)20(4)16-21/h6-11,16,23H,5,12-15,17H2,1-4H3. The van der Waals surface area contributed by atoms with Gasteiger partial charge in [-0.1, -0.05) is 42.8 Å². The number of anilines is 1. The van der Waals surface area contributed by atoms with Crippen LogP contribution in [0.5, 0.6) is 0 Å². The number of nitrogens with zero attached hydrogens (tertiary/aromatic N) is 2. The molecule has 0 bridgehead atoms. The van der Waals surface area contributed by atoms with Crippen LogP contribution in [0.1, 0.15) is 48.4 Å². The van der Waals surface area contributed by atoms with Gasteiger partial charge >= 0.3 is 0 Å². The van der Waals surface area contributed by atoms with Gasteiger partial charge in [-0.2, -0.15) is 0 Å². The van der Waals surface area contributed by atoms with Gasteiger partial charge < -0.3 is 4.90 Å². The van der Waals surface area contributed by atoms with E-state index in [2.05, 4.69) is 68.1 Å². The average Bonchev–Trinajstić information content (AvgIpc) is 2.67. The SMILES string of the molecule is CCC(=O)N(c1ccc(C)cc1)C1CCN(Cc2ccc(C)c(C)c2)CC1. The highest BCUT2D eigenvalue weighted by molar-refractivity contribution is 5.93. The summed E-state index contributed by atoms with van der Waals surface area (Å²) in [5.74, 6) is 0.228. The Morgan fingerprint density at radius 2 is 1.67 bits per heavy atom. The molecule has 3 heteroatoms. The zero-order valence-corrected chi connectivity index (χ0v) is 17.2. The molecule has 1 saturated heterocycles. The Hall–Kier alpha value is -2.13. The maximum absolute atomic E-state index is 12.7. The highest BCUT2D eigenvalue weighted by Crippen LogP contribution is 2.26. The Morgan fingerprint density at radius 1 is 1.00 bits per heavy atom. The number of rotatable bonds is 5. The molecule has 2 aromatic rings. The third-order valence-electron chi connectivity index (χ3n) is 5.78. The van der Waals surface area contributed by atoms with E-state index >= 15 is 0 Å². The van der Waals surface area contributed by atoms with E-state index in [9.17, 15) is 4.79 Å². The number of carbonyl (C=O) groups excluding carboxylic acids is 1. The predicted octanol–water partition coefficient (Wildman–Crippen LogP) is 5.02. The van der Waals surface area contributed by atoms with Gasteiger partial charge in [-0.25, -0.2) is 0 Å². The summed E-state index contributed by atoms with van der Waals surface area (Å²) in [4.78, 5) is 17.2. The van der Waals surface area contributed by atoms with Crippen molar-refractivity contribution in [3.63, 3.8) is 0 Å². The molecule has 0 radical (unpaired) electrons. The third kappa shape index (κ3) is 4.78. The summed E-state index contributed by atoms with van der Waals surface area (Å²) in [5, 5.41) is 0. The van der Waals surface area contributed by atoms with Crippen molar-refractivity contribution in [1.29, 1.82) is 0 Å². The molecular weight excluding hydrogens is 332 g/mol. The molecule has 1 fully saturated rings. The van der Waals surface area contributed by atoms with Gasteiger partial charge in [0.05, 0.1) is 0 Å². The fourth-order valence-corrected chi connectivity index (χ4v) is 3.93. The minimum absolute atomic E-state index is 0.228. The fourth-order valence-electron chi connectivity index (χ4n) is 3.93. The lowest BCUT2D eigenvalue weighted by atomic mass is 10.00. The fraction of sp³-hybridized carbons (Fsp3) is 0.458. The summed E-state index contributed by atoms with van der Waals surface area (Å²) in [5.41, 5.74) is 6.37. The highest BCUT2D eigenvalue weighted by atomic mass is 16.2. The second-order valence-corrected chi connectivity index (χ2v) is 7.88. The van der Waals surface area contributed by atoms with Gasteiger partial charge in [0.15, 0.2) is 0 Å². The zero-order chi connectivity index (χ0) is 19.4. The molecule has 3 nitrogen and oxygen atoms in total. The monoisotopic (exact) mass is 364 g/mol. The summed E-state index contributed by atoms with van der Waals surface area (Å²) in [7, 11) is 0. The van der Waals surface area contributed by atoms with Crippen LogP contribution in [0.25, 0.3) is 0 Å². The molecule has 0 aliphatic carbocycles. The number of benzene rings is 2. The van der Waals surface area contributed by atoms with Gasteiger partial charge in [0, 0.05) is 37.8 Å². The number of likely N-dealkylation sites (tertiary alicyclic amines) is 1. The van der Waals surface area contributed by atoms with Gasteiger partial charge in [0.25, 0.3) is 0 Å². The Balaban J connectivity index is 1.65. The van der Waals surface area contributed by atoms with E-state index in [1.54, 1.807) is 0 Å². The Morgan fingerprint density at radius 3 is 2.26 bits per heavy atom. The maximum atomic E-state index is 12.7. The lowest BCUT2D eigenvalue weighted by Crippen LogP contribution is -2.47. The molecule has 0 aromatic heterocycles. The van der Waals surface area contributed by atoms with Crippen LogP contribution in [-0.2, 0) is 11.3 Å². The Bertz CT molecular complexity index is 773. The van der Waals surface area contributed by atoms with Crippen LogP contribution < -0.4 is 4.90 Å². The van der Waals surface area contributed by atoms with Crippen LogP contribution in [0.4, 0.5) is 5.69 Å². The van der Waals surface area contributed by atoms with Crippen LogP contribution in [0.3, 0.4) is 0 Å². The van der Waals surface area contributed by atoms with Crippen molar-refractivity contribution in [3.8, 4) is 0 Å². The van der Waals surface area contributed by atoms with Gasteiger partial charge in [-0.05, 0) is 62.4 Å². The molecule has 1 amide bonds. The quantitative estimate of drug-likeness (QED) is 0.744. The molecule has 144 valence electrons. The summed E-state index contributed by atoms with van der Waals surface area (Å²) in [6, 6.07) is 15.4. The molecule has 0 N–H and O–H groups in total. The van der Waals surface area contributed by atoms with Gasteiger partial charge in [0.1, 0.15) is 0 Å². The second kappa shape index (κ2) is 8.71. The number of hydrogen-bond donors (Lipinski definition) is 0. The third-order valence-corrected chi connectivity index (χ3v) is 5.78. The summed E-state index contributed by atoms with van der Waals surface area (Å²) < 4.78 is 0. The largest absolute Gasteiger partial charge is 0.309 e. The molecule has 0 unspecified atom stereocenters. The summed E-state index contributed by atoms with van der Waals surface area (Å²) in [6.45, 7) is 11.5. The Labute approximate surface area is 164 Å². The lowest BCUT2D eigenvalue weighted by Gasteiger charge is -2.38. The molecule has 0 spiro atoms. The van der Waals surface area contributed by atoms with E-state index in [-0.39, 0.29) is 5.91 Å². The van der Waals surface area contributed by atoms with E-state index in [4.69, 9.17) is 0 Å². The van der Waals surface area contributed by atoms with Crippen molar-refractivity contribution in [2.45, 2.75) is 59.5 Å². The van der Waals surface area contributed by atoms with Crippen molar-refractivity contribution < 1.29 is 4.79 Å². The van der Waals surface area contributed by atoms with E-state index in [0.717, 1.165) is 38.2 Å². The minimum Gasteiger partial charge on any atom is -0.309 e. The van der Waals surface area contributed by atoms with Gasteiger partial charge in [-0.3, -0.25) is 9.69 Å². The highest BCUT2D eigenvalue weighted by Gasteiger charge is 2.28. The van der Waals surface area contributed by atoms with Crippen LogP contribution >= 0.6 is 0 Å². The van der Waals surface area contributed by atoms with Crippen molar-refractivity contribution in [3.05, 3.63) is 64.7 Å². The molecule has 3 rings (SSSR count). The first-order chi connectivity index (χ1) is 13.0. The molecule has 27 heavy (non-hydrogen) atoms. The van der Waals surface area contributed by atoms with Gasteiger partial charge in [0.2, 0.25) is 5.91 Å². The molecule has 1 aliphatic rings. The zero-order valence-electron chi connectivity index (χ0n) is 17.2. The molecule has 1 heterocycles. The molecule has 1 aliphatic heterocycles. The van der Waals surface area contributed by atoms with E-state index in [1.165, 1.54) is 22.3 Å². The van der Waals surface area contributed by atoms with E-state index < -0.39 is 0 Å². The number of aryl methyl sites for hydroxylation is 3. The van der Waals surface area contributed by atoms with Crippen LogP contribution in [0, 0.1) is 20.8 Å². The topological polar surface area (TPSA) is 23.6 Å². The molecule has 0 saturated carbocycles. The van der Waals surface area contributed by atoms with Crippen molar-refractivity contribution in [2.24, 2.45) is 0 Å². The minimum atomic E-state index is 0.228. The number of hydrogen-bond acceptors (Lipinski definition) is 2. The van der Waals surface area contributed by atoms with E-state index in [1.807, 2.05) is 11.8 Å². The van der Waals surface area contributed by atoms with Crippen LogP contribution in [0.15, 0.2) is 42.5 Å². The normalized spacial score (nSPS) is 15.7. The molecule has 2 aromatic carbocycles. The smallest absolute Gasteiger partial charge is 0.226 e. The molecular formula is C24H32N2O. The predicted molar refractivity (Wildman–Crippen MR) is 113 cm³/mol. The lowest BCUT2D eigenvalue weighted by molar-refractivity contribution is -0.119. The van der Waals surface area contributed by atoms with Crippen molar-refractivity contribution in [1.82, 2.24) is 4.90 Å². The van der Waals surface area contributed by atoms with E-state index in [0.29, 0.717) is 12.5 Å². The Kier molecular flexibility index (Phi) is 6.33. The second-order valence-electron chi connectivity index (χ2n) is 7.88. The van der Waals surface area contributed by atoms with Crippen LogP contribution in [0.2, 0.25) is 0 Å². The average molecular weight is 365 g/mol. The van der Waals surface area contributed by atoms with Crippen molar-refractivity contribution in [2.75, 3.05) is 18.0 Å². The first-order valence-corrected chi connectivity index (χ1v) is 10.1. The number of piperidine rings is 1. The summed E-state index contributed by atoms with van der Waals surface area (Å²) >= 11 is 0. The summed E-state index contributed by atoms with van der Waals surface area (Å²) in [6.07, 6.45) is 2.62. The van der Waals surface area contributed by atoms with Crippen LogP contribution in [-0.4, -0.2) is 29.9 Å². The maximum Gasteiger partial charge on any atom is 0.226 e. The van der Waals surface area contributed by atoms with Crippen molar-refractivity contribution >= 4 is 11.6 Å². The number of amides is 1. The first-order valence-electron chi connectivity index (χ1n) is 10.1.